The average Bonchev–Trinajstić information content (AvgIpc) is 2.83. The molecule has 1 aromatic heterocycles. The number of aliphatic carboxylic acids is 1. The average molecular weight is 334 g/mol. The maximum Gasteiger partial charge on any atom is 0.306 e. The first-order valence-corrected chi connectivity index (χ1v) is 8.87. The van der Waals surface area contributed by atoms with Gasteiger partial charge in [0.25, 0.3) is 0 Å². The van der Waals surface area contributed by atoms with Gasteiger partial charge in [0.05, 0.1) is 10.8 Å². The molecule has 0 bridgehead atoms. The fraction of sp³-hybridized carbons (Fsp3) is 0.545. The SMILES string of the molecule is CS(=O)(=O)c1cc([N+](=O)[O-])c(N2CCC(C(=O)O)CC2)s1. The van der Waals surface area contributed by atoms with Crippen molar-refractivity contribution >= 4 is 37.8 Å². The Kier molecular flexibility index (Phi) is 4.19. The molecular formula is C11H14N2O6S2. The number of hydrogen-bond donors (Lipinski definition) is 1. The summed E-state index contributed by atoms with van der Waals surface area (Å²) in [7, 11) is -3.51. The lowest BCUT2D eigenvalue weighted by molar-refractivity contribution is -0.383. The molecule has 8 nitrogen and oxygen atoms in total. The van der Waals surface area contributed by atoms with Gasteiger partial charge in [0.2, 0.25) is 0 Å². The van der Waals surface area contributed by atoms with E-state index < -0.39 is 26.6 Å². The standard InChI is InChI=1S/C11H14N2O6S2/c1-21(18,19)9-6-8(13(16)17)10(20-9)12-4-2-7(3-5-12)11(14)15/h6-7H,2-5H2,1H3,(H,14,15). The Morgan fingerprint density at radius 3 is 2.48 bits per heavy atom. The molecule has 1 aliphatic heterocycles. The predicted octanol–water partition coefficient (Wildman–Crippen LogP) is 1.36. The normalized spacial score (nSPS) is 16.9. The summed E-state index contributed by atoms with van der Waals surface area (Å²) in [4.78, 5) is 23.1. The Labute approximate surface area is 125 Å². The molecule has 1 saturated heterocycles. The molecule has 1 N–H and O–H groups in total. The van der Waals surface area contributed by atoms with E-state index in [1.165, 1.54) is 0 Å². The van der Waals surface area contributed by atoms with Crippen LogP contribution in [0.5, 0.6) is 0 Å². The van der Waals surface area contributed by atoms with Crippen molar-refractivity contribution < 1.29 is 23.2 Å². The van der Waals surface area contributed by atoms with E-state index in [0.29, 0.717) is 25.9 Å². The minimum atomic E-state index is -3.51. The van der Waals surface area contributed by atoms with E-state index in [-0.39, 0.29) is 14.9 Å². The van der Waals surface area contributed by atoms with Crippen LogP contribution in [0, 0.1) is 16.0 Å². The van der Waals surface area contributed by atoms with Crippen LogP contribution >= 0.6 is 11.3 Å². The van der Waals surface area contributed by atoms with E-state index in [0.717, 1.165) is 23.7 Å². The van der Waals surface area contributed by atoms with Crippen molar-refractivity contribution in [3.8, 4) is 0 Å². The quantitative estimate of drug-likeness (QED) is 0.652. The topological polar surface area (TPSA) is 118 Å². The number of piperidine rings is 1. The summed E-state index contributed by atoms with van der Waals surface area (Å²) in [5, 5.41) is 20.3. The highest BCUT2D eigenvalue weighted by molar-refractivity contribution is 7.92. The highest BCUT2D eigenvalue weighted by atomic mass is 32.2. The fourth-order valence-electron chi connectivity index (χ4n) is 2.22. The Morgan fingerprint density at radius 2 is 2.05 bits per heavy atom. The van der Waals surface area contributed by atoms with Gasteiger partial charge in [0.15, 0.2) is 14.8 Å². The van der Waals surface area contributed by atoms with E-state index in [2.05, 4.69) is 0 Å². The predicted molar refractivity (Wildman–Crippen MR) is 76.7 cm³/mol. The van der Waals surface area contributed by atoms with E-state index in [1.54, 1.807) is 4.90 Å². The van der Waals surface area contributed by atoms with E-state index in [4.69, 9.17) is 5.11 Å². The van der Waals surface area contributed by atoms with Crippen LogP contribution in [0.3, 0.4) is 0 Å². The molecule has 1 aliphatic rings. The zero-order valence-electron chi connectivity index (χ0n) is 11.2. The molecule has 116 valence electrons. The highest BCUT2D eigenvalue weighted by Crippen LogP contribution is 2.41. The summed E-state index contributed by atoms with van der Waals surface area (Å²) < 4.78 is 23.0. The largest absolute Gasteiger partial charge is 0.481 e. The Hall–Kier alpha value is -1.68. The second-order valence-corrected chi connectivity index (χ2v) is 8.16. The van der Waals surface area contributed by atoms with Crippen molar-refractivity contribution in [1.29, 1.82) is 0 Å². The molecule has 10 heteroatoms. The third-order valence-electron chi connectivity index (χ3n) is 3.36. The molecule has 0 radical (unpaired) electrons. The van der Waals surface area contributed by atoms with Gasteiger partial charge in [-0.2, -0.15) is 0 Å². The third-order valence-corrected chi connectivity index (χ3v) is 6.35. The van der Waals surface area contributed by atoms with Gasteiger partial charge in [-0.3, -0.25) is 14.9 Å². The molecule has 1 aromatic rings. The number of nitrogens with zero attached hydrogens (tertiary/aromatic N) is 2. The van der Waals surface area contributed by atoms with Crippen LogP contribution in [0.15, 0.2) is 10.3 Å². The lowest BCUT2D eigenvalue weighted by Crippen LogP contribution is -2.36. The van der Waals surface area contributed by atoms with Crippen LogP contribution in [-0.4, -0.2) is 43.8 Å². The fourth-order valence-corrected chi connectivity index (χ4v) is 4.30. The van der Waals surface area contributed by atoms with E-state index >= 15 is 0 Å². The molecule has 0 atom stereocenters. The second-order valence-electron chi connectivity index (χ2n) is 4.88. The van der Waals surface area contributed by atoms with Crippen molar-refractivity contribution in [2.45, 2.75) is 17.1 Å². The molecule has 0 saturated carbocycles. The van der Waals surface area contributed by atoms with E-state index in [1.807, 2.05) is 0 Å². The number of anilines is 1. The van der Waals surface area contributed by atoms with Gasteiger partial charge < -0.3 is 10.0 Å². The van der Waals surface area contributed by atoms with E-state index in [9.17, 15) is 23.3 Å². The second kappa shape index (κ2) is 5.60. The molecular weight excluding hydrogens is 320 g/mol. The van der Waals surface area contributed by atoms with Crippen molar-refractivity contribution in [3.05, 3.63) is 16.2 Å². The Bertz CT molecular complexity index is 673. The number of nitro groups is 1. The van der Waals surface area contributed by atoms with Crippen molar-refractivity contribution in [3.63, 3.8) is 0 Å². The first kappa shape index (κ1) is 15.7. The Morgan fingerprint density at radius 1 is 1.48 bits per heavy atom. The molecule has 0 aromatic carbocycles. The third kappa shape index (κ3) is 3.32. The molecule has 2 rings (SSSR count). The van der Waals surface area contributed by atoms with Crippen LogP contribution in [0.2, 0.25) is 0 Å². The first-order chi connectivity index (χ1) is 9.70. The van der Waals surface area contributed by atoms with Crippen molar-refractivity contribution in [1.82, 2.24) is 0 Å². The minimum absolute atomic E-state index is 0.0513. The van der Waals surface area contributed by atoms with Gasteiger partial charge in [0, 0.05) is 25.4 Å². The molecule has 2 heterocycles. The van der Waals surface area contributed by atoms with Gasteiger partial charge in [-0.25, -0.2) is 8.42 Å². The molecule has 0 spiro atoms. The van der Waals surface area contributed by atoms with Crippen molar-refractivity contribution in [2.75, 3.05) is 24.2 Å². The highest BCUT2D eigenvalue weighted by Gasteiger charge is 2.31. The van der Waals surface area contributed by atoms with Gasteiger partial charge in [-0.15, -0.1) is 0 Å². The number of hydrogen-bond acceptors (Lipinski definition) is 7. The van der Waals surface area contributed by atoms with Crippen molar-refractivity contribution in [2.24, 2.45) is 5.92 Å². The summed E-state index contributed by atoms with van der Waals surface area (Å²) in [5.41, 5.74) is -0.241. The number of carboxylic acid groups (broad SMARTS) is 1. The van der Waals surface area contributed by atoms with Gasteiger partial charge in [-0.05, 0) is 12.8 Å². The van der Waals surface area contributed by atoms with Gasteiger partial charge in [0.1, 0.15) is 4.21 Å². The monoisotopic (exact) mass is 334 g/mol. The number of rotatable bonds is 4. The first-order valence-electron chi connectivity index (χ1n) is 6.16. The molecule has 0 amide bonds. The number of thiophene rings is 1. The lowest BCUT2D eigenvalue weighted by atomic mass is 9.97. The number of carbonyl (C=O) groups is 1. The zero-order valence-corrected chi connectivity index (χ0v) is 12.8. The summed E-state index contributed by atoms with van der Waals surface area (Å²) in [6, 6.07) is 1.07. The summed E-state index contributed by atoms with van der Waals surface area (Å²) in [5.74, 6) is -1.32. The molecule has 0 aliphatic carbocycles. The summed E-state index contributed by atoms with van der Waals surface area (Å²) >= 11 is 0.860. The summed E-state index contributed by atoms with van der Waals surface area (Å²) in [6.07, 6.45) is 1.78. The summed E-state index contributed by atoms with van der Waals surface area (Å²) in [6.45, 7) is 0.725. The lowest BCUT2D eigenvalue weighted by Gasteiger charge is -2.30. The number of sulfone groups is 1. The maximum atomic E-state index is 11.5. The van der Waals surface area contributed by atoms with Gasteiger partial charge in [-0.1, -0.05) is 11.3 Å². The minimum Gasteiger partial charge on any atom is -0.481 e. The van der Waals surface area contributed by atoms with Crippen LogP contribution in [0.4, 0.5) is 10.7 Å². The van der Waals surface area contributed by atoms with Crippen LogP contribution in [-0.2, 0) is 14.6 Å². The maximum absolute atomic E-state index is 11.5. The zero-order chi connectivity index (χ0) is 15.8. The van der Waals surface area contributed by atoms with Gasteiger partial charge >= 0.3 is 11.7 Å². The van der Waals surface area contributed by atoms with Crippen LogP contribution in [0.25, 0.3) is 0 Å². The Balaban J connectivity index is 2.30. The molecule has 21 heavy (non-hydrogen) atoms. The van der Waals surface area contributed by atoms with Crippen LogP contribution < -0.4 is 4.90 Å². The number of carboxylic acids is 1. The smallest absolute Gasteiger partial charge is 0.306 e. The van der Waals surface area contributed by atoms with Crippen LogP contribution in [0.1, 0.15) is 12.8 Å². The molecule has 0 unspecified atom stereocenters. The molecule has 1 fully saturated rings.